The van der Waals surface area contributed by atoms with Gasteiger partial charge in [-0.25, -0.2) is 0 Å². The van der Waals surface area contributed by atoms with E-state index in [9.17, 15) is 0 Å². The van der Waals surface area contributed by atoms with Crippen LogP contribution in [-0.2, 0) is 0 Å². The second-order valence-electron chi connectivity index (χ2n) is 2.65. The average molecular weight is 123 g/mol. The molecule has 1 aliphatic rings. The second-order valence-corrected chi connectivity index (χ2v) is 2.65. The third-order valence-electron chi connectivity index (χ3n) is 1.61. The van der Waals surface area contributed by atoms with Gasteiger partial charge in [0.2, 0.25) is 0 Å². The number of aliphatic imine (C=N–C) groups is 1. The van der Waals surface area contributed by atoms with E-state index in [1.54, 1.807) is 0 Å². The van der Waals surface area contributed by atoms with Crippen LogP contribution in [-0.4, -0.2) is 12.3 Å². The second kappa shape index (κ2) is 2.81. The number of hydrogen-bond donors (Lipinski definition) is 0. The van der Waals surface area contributed by atoms with Crippen molar-refractivity contribution in [1.29, 1.82) is 0 Å². The summed E-state index contributed by atoms with van der Waals surface area (Å²) in [6, 6.07) is 0. The summed E-state index contributed by atoms with van der Waals surface area (Å²) in [6.45, 7) is 5.28. The molecule has 0 saturated carbocycles. The van der Waals surface area contributed by atoms with Crippen molar-refractivity contribution in [2.24, 2.45) is 10.9 Å². The molecule has 1 aliphatic heterocycles. The Morgan fingerprint density at radius 3 is 3.22 bits per heavy atom. The highest BCUT2D eigenvalue weighted by Gasteiger charge is 1.98. The van der Waals surface area contributed by atoms with Gasteiger partial charge in [-0.1, -0.05) is 13.0 Å². The van der Waals surface area contributed by atoms with Crippen molar-refractivity contribution in [1.82, 2.24) is 0 Å². The Balaban J connectivity index is 2.58. The summed E-state index contributed by atoms with van der Waals surface area (Å²) in [5.74, 6) is 0.714. The summed E-state index contributed by atoms with van der Waals surface area (Å²) >= 11 is 0. The fourth-order valence-corrected chi connectivity index (χ4v) is 0.897. The lowest BCUT2D eigenvalue weighted by molar-refractivity contribution is 0.665. The lowest BCUT2D eigenvalue weighted by Gasteiger charge is -1.97. The van der Waals surface area contributed by atoms with Crippen LogP contribution in [0.1, 0.15) is 20.3 Å². The SMILES string of the molecule is CC1=NCCC(C)C=C1. The molecular formula is C8H13N. The molecule has 0 spiro atoms. The van der Waals surface area contributed by atoms with Crippen molar-refractivity contribution in [3.8, 4) is 0 Å². The molecular weight excluding hydrogens is 110 g/mol. The van der Waals surface area contributed by atoms with Crippen LogP contribution in [0.5, 0.6) is 0 Å². The van der Waals surface area contributed by atoms with Gasteiger partial charge >= 0.3 is 0 Å². The van der Waals surface area contributed by atoms with Gasteiger partial charge in [0, 0.05) is 12.3 Å². The lowest BCUT2D eigenvalue weighted by atomic mass is 10.1. The van der Waals surface area contributed by atoms with Crippen LogP contribution in [0, 0.1) is 5.92 Å². The van der Waals surface area contributed by atoms with Crippen molar-refractivity contribution in [2.75, 3.05) is 6.54 Å². The quantitative estimate of drug-likeness (QED) is 0.467. The molecule has 0 amide bonds. The molecule has 0 aromatic rings. The van der Waals surface area contributed by atoms with Crippen molar-refractivity contribution in [3.63, 3.8) is 0 Å². The summed E-state index contributed by atoms with van der Waals surface area (Å²) in [5.41, 5.74) is 1.17. The molecule has 0 radical (unpaired) electrons. The first kappa shape index (κ1) is 6.53. The van der Waals surface area contributed by atoms with E-state index in [1.165, 1.54) is 12.1 Å². The number of nitrogens with zero attached hydrogens (tertiary/aromatic N) is 1. The van der Waals surface area contributed by atoms with Gasteiger partial charge in [0.1, 0.15) is 0 Å². The molecule has 1 nitrogen and oxygen atoms in total. The van der Waals surface area contributed by atoms with Gasteiger partial charge in [-0.05, 0) is 25.3 Å². The fraction of sp³-hybridized carbons (Fsp3) is 0.625. The van der Waals surface area contributed by atoms with Crippen LogP contribution < -0.4 is 0 Å². The first-order valence-corrected chi connectivity index (χ1v) is 3.48. The number of hydrogen-bond acceptors (Lipinski definition) is 1. The zero-order valence-corrected chi connectivity index (χ0v) is 6.09. The summed E-state index contributed by atoms with van der Waals surface area (Å²) in [6.07, 6.45) is 5.54. The van der Waals surface area contributed by atoms with E-state index >= 15 is 0 Å². The molecule has 50 valence electrons. The molecule has 1 unspecified atom stereocenters. The number of allylic oxidation sites excluding steroid dienone is 2. The molecule has 0 fully saturated rings. The standard InChI is InChI=1S/C8H13N/c1-7-3-4-8(2)9-6-5-7/h3-4,7H,5-6H2,1-2H3. The Bertz CT molecular complexity index is 145. The van der Waals surface area contributed by atoms with Crippen LogP contribution in [0.3, 0.4) is 0 Å². The van der Waals surface area contributed by atoms with E-state index in [4.69, 9.17) is 0 Å². The molecule has 1 atom stereocenters. The van der Waals surface area contributed by atoms with E-state index in [-0.39, 0.29) is 0 Å². The smallest absolute Gasteiger partial charge is 0.0397 e. The highest BCUT2D eigenvalue weighted by Crippen LogP contribution is 2.07. The normalized spacial score (nSPS) is 27.3. The maximum atomic E-state index is 4.30. The molecule has 0 aliphatic carbocycles. The minimum atomic E-state index is 0.714. The third-order valence-corrected chi connectivity index (χ3v) is 1.61. The highest BCUT2D eigenvalue weighted by molar-refractivity contribution is 5.92. The van der Waals surface area contributed by atoms with Gasteiger partial charge in [-0.15, -0.1) is 0 Å². The Labute approximate surface area is 56.5 Å². The summed E-state index contributed by atoms with van der Waals surface area (Å²) < 4.78 is 0. The van der Waals surface area contributed by atoms with Crippen LogP contribution in [0.25, 0.3) is 0 Å². The third kappa shape index (κ3) is 2.00. The predicted octanol–water partition coefficient (Wildman–Crippen LogP) is 2.04. The van der Waals surface area contributed by atoms with Gasteiger partial charge in [-0.3, -0.25) is 4.99 Å². The molecule has 0 saturated heterocycles. The van der Waals surface area contributed by atoms with E-state index in [1.807, 2.05) is 0 Å². The number of rotatable bonds is 0. The van der Waals surface area contributed by atoms with Crippen LogP contribution in [0.4, 0.5) is 0 Å². The van der Waals surface area contributed by atoms with Crippen LogP contribution in [0.15, 0.2) is 17.1 Å². The fourth-order valence-electron chi connectivity index (χ4n) is 0.897. The molecule has 9 heavy (non-hydrogen) atoms. The molecule has 1 heteroatoms. The molecule has 0 bridgehead atoms. The van der Waals surface area contributed by atoms with Crippen molar-refractivity contribution < 1.29 is 0 Å². The van der Waals surface area contributed by atoms with Crippen molar-refractivity contribution in [2.45, 2.75) is 20.3 Å². The molecule has 1 heterocycles. The molecule has 0 aromatic carbocycles. The van der Waals surface area contributed by atoms with E-state index in [0.29, 0.717) is 5.92 Å². The predicted molar refractivity (Wildman–Crippen MR) is 40.9 cm³/mol. The topological polar surface area (TPSA) is 12.4 Å². The zero-order chi connectivity index (χ0) is 6.69. The largest absolute Gasteiger partial charge is 0.290 e. The summed E-state index contributed by atoms with van der Waals surface area (Å²) in [5, 5.41) is 0. The minimum Gasteiger partial charge on any atom is -0.290 e. The Hall–Kier alpha value is -0.590. The van der Waals surface area contributed by atoms with Crippen LogP contribution in [0.2, 0.25) is 0 Å². The Kier molecular flexibility index (Phi) is 2.04. The van der Waals surface area contributed by atoms with Gasteiger partial charge in [-0.2, -0.15) is 0 Å². The van der Waals surface area contributed by atoms with Crippen LogP contribution >= 0.6 is 0 Å². The van der Waals surface area contributed by atoms with E-state index in [0.717, 1.165) is 6.54 Å². The monoisotopic (exact) mass is 123 g/mol. The van der Waals surface area contributed by atoms with Gasteiger partial charge < -0.3 is 0 Å². The molecule has 0 N–H and O–H groups in total. The van der Waals surface area contributed by atoms with Crippen molar-refractivity contribution >= 4 is 5.71 Å². The maximum Gasteiger partial charge on any atom is 0.0397 e. The van der Waals surface area contributed by atoms with Gasteiger partial charge in [0.25, 0.3) is 0 Å². The van der Waals surface area contributed by atoms with Gasteiger partial charge in [0.15, 0.2) is 0 Å². The average Bonchev–Trinajstić information content (AvgIpc) is 1.97. The molecule has 1 rings (SSSR count). The summed E-state index contributed by atoms with van der Waals surface area (Å²) in [4.78, 5) is 4.30. The minimum absolute atomic E-state index is 0.714. The highest BCUT2D eigenvalue weighted by atomic mass is 14.7. The lowest BCUT2D eigenvalue weighted by Crippen LogP contribution is -1.89. The first-order chi connectivity index (χ1) is 4.29. The van der Waals surface area contributed by atoms with Gasteiger partial charge in [0.05, 0.1) is 0 Å². The summed E-state index contributed by atoms with van der Waals surface area (Å²) in [7, 11) is 0. The Morgan fingerprint density at radius 1 is 1.67 bits per heavy atom. The van der Waals surface area contributed by atoms with E-state index < -0.39 is 0 Å². The first-order valence-electron chi connectivity index (χ1n) is 3.48. The maximum absolute atomic E-state index is 4.30. The van der Waals surface area contributed by atoms with E-state index in [2.05, 4.69) is 31.0 Å². The molecule has 0 aromatic heterocycles. The zero-order valence-electron chi connectivity index (χ0n) is 6.09. The Morgan fingerprint density at radius 2 is 2.44 bits per heavy atom. The van der Waals surface area contributed by atoms with Crippen molar-refractivity contribution in [3.05, 3.63) is 12.2 Å².